The van der Waals surface area contributed by atoms with Gasteiger partial charge < -0.3 is 5.32 Å². The van der Waals surface area contributed by atoms with Crippen LogP contribution in [0.25, 0.3) is 5.69 Å². The third-order valence-electron chi connectivity index (χ3n) is 2.94. The molecule has 2 aromatic rings. The summed E-state index contributed by atoms with van der Waals surface area (Å²) in [6.07, 6.45) is -1.47. The Kier molecular flexibility index (Phi) is 4.09. The largest absolute Gasteiger partial charge is 0.418 e. The first-order chi connectivity index (χ1) is 9.67. The fourth-order valence-electron chi connectivity index (χ4n) is 1.90. The number of aromatic nitrogens is 2. The fourth-order valence-corrected chi connectivity index (χ4v) is 1.90. The molecule has 1 aromatic carbocycles. The van der Waals surface area contributed by atoms with Crippen LogP contribution in [0.2, 0.25) is 0 Å². The molecule has 0 spiro atoms. The van der Waals surface area contributed by atoms with Gasteiger partial charge in [-0.3, -0.25) is 0 Å². The summed E-state index contributed by atoms with van der Waals surface area (Å²) in [5.41, 5.74) is -0.210. The molecule has 1 heterocycles. The van der Waals surface area contributed by atoms with Crippen molar-refractivity contribution in [1.82, 2.24) is 15.1 Å². The Labute approximate surface area is 121 Å². The summed E-state index contributed by atoms with van der Waals surface area (Å²) in [5, 5.41) is 7.06. The first kappa shape index (κ1) is 15.6. The van der Waals surface area contributed by atoms with Crippen molar-refractivity contribution < 1.29 is 13.2 Å². The predicted molar refractivity (Wildman–Crippen MR) is 75.2 cm³/mol. The molecule has 0 atom stereocenters. The van der Waals surface area contributed by atoms with E-state index in [1.165, 1.54) is 29.2 Å². The van der Waals surface area contributed by atoms with Crippen molar-refractivity contribution in [3.63, 3.8) is 0 Å². The molecule has 3 nitrogen and oxygen atoms in total. The van der Waals surface area contributed by atoms with Gasteiger partial charge in [-0.15, -0.1) is 0 Å². The quantitative estimate of drug-likeness (QED) is 0.934. The zero-order valence-electron chi connectivity index (χ0n) is 12.2. The number of nitrogens with zero attached hydrogens (tertiary/aromatic N) is 2. The molecule has 0 unspecified atom stereocenters. The highest BCUT2D eigenvalue weighted by atomic mass is 19.4. The van der Waals surface area contributed by atoms with Gasteiger partial charge in [0, 0.05) is 24.5 Å². The van der Waals surface area contributed by atoms with Crippen LogP contribution in [-0.4, -0.2) is 15.3 Å². The van der Waals surface area contributed by atoms with Crippen LogP contribution in [0.4, 0.5) is 13.2 Å². The SMILES string of the molecule is CC(C)(C)NCc1ccc(-n2cccn2)c(C(F)(F)F)c1. The number of nitrogens with one attached hydrogen (secondary N) is 1. The highest BCUT2D eigenvalue weighted by Crippen LogP contribution is 2.34. The van der Waals surface area contributed by atoms with Crippen LogP contribution in [0.15, 0.2) is 36.7 Å². The summed E-state index contributed by atoms with van der Waals surface area (Å²) in [7, 11) is 0. The lowest BCUT2D eigenvalue weighted by Gasteiger charge is -2.21. The normalized spacial score (nSPS) is 12.7. The Morgan fingerprint density at radius 2 is 1.90 bits per heavy atom. The standard InChI is InChI=1S/C15H18F3N3/c1-14(2,3)19-10-11-5-6-13(21-8-4-7-20-21)12(9-11)15(16,17)18/h4-9,19H,10H2,1-3H3. The third-order valence-corrected chi connectivity index (χ3v) is 2.94. The summed E-state index contributed by atoms with van der Waals surface area (Å²) in [5.74, 6) is 0. The van der Waals surface area contributed by atoms with Crippen LogP contribution >= 0.6 is 0 Å². The molecule has 0 bridgehead atoms. The molecular weight excluding hydrogens is 279 g/mol. The van der Waals surface area contributed by atoms with Gasteiger partial charge in [-0.25, -0.2) is 4.68 Å². The molecule has 21 heavy (non-hydrogen) atoms. The van der Waals surface area contributed by atoms with Crippen LogP contribution < -0.4 is 5.32 Å². The van der Waals surface area contributed by atoms with E-state index in [4.69, 9.17) is 0 Å². The Balaban J connectivity index is 2.37. The maximum absolute atomic E-state index is 13.2. The Morgan fingerprint density at radius 1 is 1.19 bits per heavy atom. The maximum Gasteiger partial charge on any atom is 0.418 e. The minimum absolute atomic E-state index is 0.0343. The summed E-state index contributed by atoms with van der Waals surface area (Å²) in [4.78, 5) is 0. The van der Waals surface area contributed by atoms with Crippen molar-refractivity contribution in [3.05, 3.63) is 47.8 Å². The second-order valence-electron chi connectivity index (χ2n) is 5.90. The second-order valence-corrected chi connectivity index (χ2v) is 5.90. The van der Waals surface area contributed by atoms with Crippen LogP contribution in [0.1, 0.15) is 31.9 Å². The van der Waals surface area contributed by atoms with E-state index in [9.17, 15) is 13.2 Å². The maximum atomic E-state index is 13.2. The van der Waals surface area contributed by atoms with Gasteiger partial charge in [-0.2, -0.15) is 18.3 Å². The van der Waals surface area contributed by atoms with E-state index in [1.54, 1.807) is 12.1 Å². The highest BCUT2D eigenvalue weighted by molar-refractivity contribution is 5.44. The molecule has 0 saturated heterocycles. The topological polar surface area (TPSA) is 29.9 Å². The number of halogens is 3. The molecule has 0 aliphatic heterocycles. The van der Waals surface area contributed by atoms with Crippen LogP contribution in [0.3, 0.4) is 0 Å². The second kappa shape index (κ2) is 5.52. The van der Waals surface area contributed by atoms with Gasteiger partial charge in [0.2, 0.25) is 0 Å². The molecule has 114 valence electrons. The lowest BCUT2D eigenvalue weighted by molar-refractivity contribution is -0.137. The van der Waals surface area contributed by atoms with Crippen LogP contribution in [-0.2, 0) is 12.7 Å². The van der Waals surface area contributed by atoms with Gasteiger partial charge in [-0.1, -0.05) is 6.07 Å². The smallest absolute Gasteiger partial charge is 0.308 e. The first-order valence-electron chi connectivity index (χ1n) is 6.62. The summed E-state index contributed by atoms with van der Waals surface area (Å²) in [6.45, 7) is 6.29. The predicted octanol–water partition coefficient (Wildman–Crippen LogP) is 3.78. The van der Waals surface area contributed by atoms with Gasteiger partial charge in [0.15, 0.2) is 0 Å². The fraction of sp³-hybridized carbons (Fsp3) is 0.400. The lowest BCUT2D eigenvalue weighted by Crippen LogP contribution is -2.35. The van der Waals surface area contributed by atoms with Gasteiger partial charge >= 0.3 is 6.18 Å². The van der Waals surface area contributed by atoms with Gasteiger partial charge in [-0.05, 0) is 44.5 Å². The molecule has 0 amide bonds. The Bertz CT molecular complexity index is 596. The molecule has 1 aromatic heterocycles. The molecule has 6 heteroatoms. The van der Waals surface area contributed by atoms with Gasteiger partial charge in [0.25, 0.3) is 0 Å². The Hall–Kier alpha value is -1.82. The zero-order chi connectivity index (χ0) is 15.7. The van der Waals surface area contributed by atoms with E-state index in [-0.39, 0.29) is 11.2 Å². The van der Waals surface area contributed by atoms with Gasteiger partial charge in [0.05, 0.1) is 11.3 Å². The van der Waals surface area contributed by atoms with E-state index < -0.39 is 11.7 Å². The van der Waals surface area contributed by atoms with E-state index in [0.717, 1.165) is 0 Å². The summed E-state index contributed by atoms with van der Waals surface area (Å²) < 4.78 is 40.9. The van der Waals surface area contributed by atoms with Gasteiger partial charge in [0.1, 0.15) is 0 Å². The molecule has 1 N–H and O–H groups in total. The van der Waals surface area contributed by atoms with E-state index in [0.29, 0.717) is 12.1 Å². The number of benzene rings is 1. The van der Waals surface area contributed by atoms with Crippen molar-refractivity contribution in [3.8, 4) is 5.69 Å². The molecule has 0 saturated carbocycles. The minimum atomic E-state index is -4.42. The summed E-state index contributed by atoms with van der Waals surface area (Å²) >= 11 is 0. The Morgan fingerprint density at radius 3 is 2.43 bits per heavy atom. The number of rotatable bonds is 3. The van der Waals surface area contributed by atoms with Crippen molar-refractivity contribution in [2.75, 3.05) is 0 Å². The first-order valence-corrected chi connectivity index (χ1v) is 6.62. The van der Waals surface area contributed by atoms with E-state index >= 15 is 0 Å². The molecule has 0 aliphatic carbocycles. The van der Waals surface area contributed by atoms with E-state index in [2.05, 4.69) is 10.4 Å². The average Bonchev–Trinajstić information content (AvgIpc) is 2.88. The summed E-state index contributed by atoms with van der Waals surface area (Å²) in [6, 6.07) is 5.91. The average molecular weight is 297 g/mol. The monoisotopic (exact) mass is 297 g/mol. The molecular formula is C15H18F3N3. The number of hydrogen-bond donors (Lipinski definition) is 1. The molecule has 0 radical (unpaired) electrons. The molecule has 0 fully saturated rings. The third kappa shape index (κ3) is 4.07. The van der Waals surface area contributed by atoms with E-state index in [1.807, 2.05) is 20.8 Å². The van der Waals surface area contributed by atoms with Crippen LogP contribution in [0.5, 0.6) is 0 Å². The zero-order valence-corrected chi connectivity index (χ0v) is 12.2. The van der Waals surface area contributed by atoms with Crippen molar-refractivity contribution >= 4 is 0 Å². The van der Waals surface area contributed by atoms with Crippen LogP contribution in [0, 0.1) is 0 Å². The minimum Gasteiger partial charge on any atom is -0.308 e. The highest BCUT2D eigenvalue weighted by Gasteiger charge is 2.34. The number of alkyl halides is 3. The molecule has 0 aliphatic rings. The van der Waals surface area contributed by atoms with Crippen molar-refractivity contribution in [1.29, 1.82) is 0 Å². The van der Waals surface area contributed by atoms with Crippen molar-refractivity contribution in [2.24, 2.45) is 0 Å². The lowest BCUT2D eigenvalue weighted by atomic mass is 10.1. The number of hydrogen-bond acceptors (Lipinski definition) is 2. The molecule has 2 rings (SSSR count). The van der Waals surface area contributed by atoms with Crippen molar-refractivity contribution in [2.45, 2.75) is 39.0 Å².